The number of benzene rings is 2. The van der Waals surface area contributed by atoms with Crippen LogP contribution in [0.25, 0.3) is 0 Å². The van der Waals surface area contributed by atoms with Crippen LogP contribution >= 0.6 is 0 Å². The van der Waals surface area contributed by atoms with E-state index in [2.05, 4.69) is 5.32 Å². The predicted octanol–water partition coefficient (Wildman–Crippen LogP) is 3.02. The van der Waals surface area contributed by atoms with E-state index >= 15 is 0 Å². The number of halogens is 1. The van der Waals surface area contributed by atoms with Gasteiger partial charge in [0.2, 0.25) is 0 Å². The molecule has 0 saturated carbocycles. The van der Waals surface area contributed by atoms with Gasteiger partial charge in [-0.3, -0.25) is 10.1 Å². The smallest absolute Gasteiger partial charge is 0.273 e. The summed E-state index contributed by atoms with van der Waals surface area (Å²) in [7, 11) is 0. The molecule has 0 atom stereocenters. The summed E-state index contributed by atoms with van der Waals surface area (Å²) in [6, 6.07) is 12.8. The van der Waals surface area contributed by atoms with Gasteiger partial charge in [0, 0.05) is 24.7 Å². The van der Waals surface area contributed by atoms with Gasteiger partial charge in [-0.1, -0.05) is 30.3 Å². The lowest BCUT2D eigenvalue weighted by atomic mass is 10.1. The number of nitrogens with zero attached hydrogens (tertiary/aromatic N) is 1. The molecule has 2 aromatic carbocycles. The molecule has 0 aromatic heterocycles. The first-order valence-electron chi connectivity index (χ1n) is 5.84. The van der Waals surface area contributed by atoms with E-state index in [0.29, 0.717) is 18.7 Å². The van der Waals surface area contributed by atoms with E-state index in [0.717, 1.165) is 5.56 Å². The molecule has 5 heteroatoms. The van der Waals surface area contributed by atoms with Crippen molar-refractivity contribution >= 4 is 5.69 Å². The molecule has 0 spiro atoms. The summed E-state index contributed by atoms with van der Waals surface area (Å²) in [5.41, 5.74) is 1.67. The third-order valence-corrected chi connectivity index (χ3v) is 2.75. The van der Waals surface area contributed by atoms with Gasteiger partial charge in [0.05, 0.1) is 4.92 Å². The quantitative estimate of drug-likeness (QED) is 0.664. The standard InChI is InChI=1S/C14H13FN2O2/c15-13-7-5-11(6-8-13)9-16-10-12-3-1-2-4-14(12)17(18)19/h1-8,16H,9-10H2. The van der Waals surface area contributed by atoms with Crippen molar-refractivity contribution < 1.29 is 9.31 Å². The fraction of sp³-hybridized carbons (Fsp3) is 0.143. The highest BCUT2D eigenvalue weighted by atomic mass is 19.1. The molecule has 1 N–H and O–H groups in total. The molecule has 0 heterocycles. The first-order valence-corrected chi connectivity index (χ1v) is 5.84. The summed E-state index contributed by atoms with van der Waals surface area (Å²) in [5, 5.41) is 13.9. The second-order valence-corrected chi connectivity index (χ2v) is 4.12. The topological polar surface area (TPSA) is 55.2 Å². The Morgan fingerprint density at radius 3 is 2.42 bits per heavy atom. The zero-order valence-electron chi connectivity index (χ0n) is 10.2. The monoisotopic (exact) mass is 260 g/mol. The van der Waals surface area contributed by atoms with Gasteiger partial charge in [0.15, 0.2) is 0 Å². The van der Waals surface area contributed by atoms with Crippen molar-refractivity contribution in [2.45, 2.75) is 13.1 Å². The van der Waals surface area contributed by atoms with Crippen LogP contribution < -0.4 is 5.32 Å². The average Bonchev–Trinajstić information content (AvgIpc) is 2.41. The molecular formula is C14H13FN2O2. The van der Waals surface area contributed by atoms with Gasteiger partial charge in [-0.05, 0) is 17.7 Å². The Bertz CT molecular complexity index is 570. The van der Waals surface area contributed by atoms with Crippen molar-refractivity contribution in [2.75, 3.05) is 0 Å². The van der Waals surface area contributed by atoms with E-state index in [1.54, 1.807) is 30.3 Å². The molecular weight excluding hydrogens is 247 g/mol. The van der Waals surface area contributed by atoms with Crippen molar-refractivity contribution in [3.05, 3.63) is 75.6 Å². The average molecular weight is 260 g/mol. The first kappa shape index (κ1) is 13.2. The molecule has 98 valence electrons. The van der Waals surface area contributed by atoms with Gasteiger partial charge in [-0.25, -0.2) is 4.39 Å². The highest BCUT2D eigenvalue weighted by Crippen LogP contribution is 2.17. The van der Waals surface area contributed by atoms with Crippen LogP contribution in [0.15, 0.2) is 48.5 Å². The molecule has 2 aromatic rings. The van der Waals surface area contributed by atoms with Gasteiger partial charge in [-0.2, -0.15) is 0 Å². The Balaban J connectivity index is 1.96. The maximum atomic E-state index is 12.7. The maximum Gasteiger partial charge on any atom is 0.273 e. The molecule has 4 nitrogen and oxygen atoms in total. The van der Waals surface area contributed by atoms with E-state index < -0.39 is 4.92 Å². The van der Waals surface area contributed by atoms with E-state index in [1.807, 2.05) is 0 Å². The minimum Gasteiger partial charge on any atom is -0.308 e. The summed E-state index contributed by atoms with van der Waals surface area (Å²) in [5.74, 6) is -0.276. The fourth-order valence-corrected chi connectivity index (χ4v) is 1.78. The Morgan fingerprint density at radius 1 is 1.05 bits per heavy atom. The lowest BCUT2D eigenvalue weighted by Crippen LogP contribution is -2.13. The minimum absolute atomic E-state index is 0.106. The van der Waals surface area contributed by atoms with Gasteiger partial charge in [-0.15, -0.1) is 0 Å². The summed E-state index contributed by atoms with van der Waals surface area (Å²) in [4.78, 5) is 10.4. The lowest BCUT2D eigenvalue weighted by Gasteiger charge is -2.05. The van der Waals surface area contributed by atoms with Crippen LogP contribution in [0.3, 0.4) is 0 Å². The van der Waals surface area contributed by atoms with Gasteiger partial charge in [0.25, 0.3) is 5.69 Å². The molecule has 19 heavy (non-hydrogen) atoms. The second-order valence-electron chi connectivity index (χ2n) is 4.12. The van der Waals surface area contributed by atoms with Crippen molar-refractivity contribution in [3.8, 4) is 0 Å². The predicted molar refractivity (Wildman–Crippen MR) is 70.0 cm³/mol. The van der Waals surface area contributed by atoms with Crippen molar-refractivity contribution in [1.29, 1.82) is 0 Å². The number of hydrogen-bond donors (Lipinski definition) is 1. The van der Waals surface area contributed by atoms with E-state index in [9.17, 15) is 14.5 Å². The molecule has 0 amide bonds. The molecule has 0 saturated heterocycles. The van der Waals surface area contributed by atoms with Gasteiger partial charge >= 0.3 is 0 Å². The molecule has 0 aliphatic heterocycles. The molecule has 0 aliphatic rings. The molecule has 0 bridgehead atoms. The third-order valence-electron chi connectivity index (χ3n) is 2.75. The number of nitrogens with one attached hydrogen (secondary N) is 1. The Hall–Kier alpha value is -2.27. The van der Waals surface area contributed by atoms with Crippen LogP contribution in [0.1, 0.15) is 11.1 Å². The normalized spacial score (nSPS) is 10.4. The van der Waals surface area contributed by atoms with Crippen LogP contribution in [-0.4, -0.2) is 4.92 Å². The highest BCUT2D eigenvalue weighted by Gasteiger charge is 2.11. The Kier molecular flexibility index (Phi) is 4.20. The van der Waals surface area contributed by atoms with Crippen LogP contribution in [0.4, 0.5) is 10.1 Å². The van der Waals surface area contributed by atoms with Crippen molar-refractivity contribution in [3.63, 3.8) is 0 Å². The molecule has 0 radical (unpaired) electrons. The van der Waals surface area contributed by atoms with Crippen LogP contribution in [0.5, 0.6) is 0 Å². The molecule has 0 fully saturated rings. The first-order chi connectivity index (χ1) is 9.16. The number of hydrogen-bond acceptors (Lipinski definition) is 3. The zero-order chi connectivity index (χ0) is 13.7. The van der Waals surface area contributed by atoms with E-state index in [-0.39, 0.29) is 11.5 Å². The van der Waals surface area contributed by atoms with E-state index in [1.165, 1.54) is 18.2 Å². The van der Waals surface area contributed by atoms with Gasteiger partial charge in [0.1, 0.15) is 5.82 Å². The van der Waals surface area contributed by atoms with Crippen molar-refractivity contribution in [1.82, 2.24) is 5.32 Å². The minimum atomic E-state index is -0.394. The zero-order valence-corrected chi connectivity index (χ0v) is 10.2. The molecule has 0 unspecified atom stereocenters. The summed E-state index contributed by atoms with van der Waals surface area (Å²) in [6.07, 6.45) is 0. The van der Waals surface area contributed by atoms with Crippen LogP contribution in [-0.2, 0) is 13.1 Å². The molecule has 0 aliphatic carbocycles. The van der Waals surface area contributed by atoms with Crippen molar-refractivity contribution in [2.24, 2.45) is 0 Å². The SMILES string of the molecule is O=[N+]([O-])c1ccccc1CNCc1ccc(F)cc1. The van der Waals surface area contributed by atoms with Crippen LogP contribution in [0.2, 0.25) is 0 Å². The third kappa shape index (κ3) is 3.59. The van der Waals surface area contributed by atoms with Gasteiger partial charge < -0.3 is 5.32 Å². The number of nitro groups is 1. The largest absolute Gasteiger partial charge is 0.308 e. The van der Waals surface area contributed by atoms with E-state index in [4.69, 9.17) is 0 Å². The summed E-state index contributed by atoms with van der Waals surface area (Å²) < 4.78 is 12.7. The fourth-order valence-electron chi connectivity index (χ4n) is 1.78. The number of rotatable bonds is 5. The Morgan fingerprint density at radius 2 is 1.74 bits per heavy atom. The summed E-state index contributed by atoms with van der Waals surface area (Å²) >= 11 is 0. The Labute approximate surface area is 110 Å². The molecule has 2 rings (SSSR count). The lowest BCUT2D eigenvalue weighted by molar-refractivity contribution is -0.385. The number of para-hydroxylation sites is 1. The highest BCUT2D eigenvalue weighted by molar-refractivity contribution is 5.39. The summed E-state index contributed by atoms with van der Waals surface area (Å²) in [6.45, 7) is 0.931. The number of nitro benzene ring substituents is 1. The second kappa shape index (κ2) is 6.06. The van der Waals surface area contributed by atoms with Crippen LogP contribution in [0, 0.1) is 15.9 Å². The maximum absolute atomic E-state index is 12.7.